The second-order valence-electron chi connectivity index (χ2n) is 5.27. The van der Waals surface area contributed by atoms with Crippen LogP contribution in [0.1, 0.15) is 34.4 Å². The zero-order valence-electron chi connectivity index (χ0n) is 14.3. The van der Waals surface area contributed by atoms with Gasteiger partial charge in [-0.3, -0.25) is 4.79 Å². The standard InChI is InChI=1S/C18H21NO5/c1-5-22-15-9-7-6-8-14(15)19-16(20)10-23-18(21)17-11(2)12(3)24-13(17)4/h6-9H,5,10H2,1-4H3,(H,19,20). The number of para-hydroxylation sites is 2. The fourth-order valence-electron chi connectivity index (χ4n) is 2.33. The molecular formula is C18H21NO5. The number of carbonyl (C=O) groups is 2. The van der Waals surface area contributed by atoms with Gasteiger partial charge in [-0.15, -0.1) is 0 Å². The summed E-state index contributed by atoms with van der Waals surface area (Å²) in [6.07, 6.45) is 0. The Hall–Kier alpha value is -2.76. The fraction of sp³-hybridized carbons (Fsp3) is 0.333. The lowest BCUT2D eigenvalue weighted by Crippen LogP contribution is -2.21. The molecule has 0 aliphatic heterocycles. The van der Waals surface area contributed by atoms with E-state index in [0.717, 1.165) is 5.56 Å². The summed E-state index contributed by atoms with van der Waals surface area (Å²) in [6.45, 7) is 7.20. The average Bonchev–Trinajstić information content (AvgIpc) is 2.80. The van der Waals surface area contributed by atoms with E-state index in [4.69, 9.17) is 13.9 Å². The largest absolute Gasteiger partial charge is 0.492 e. The number of anilines is 1. The summed E-state index contributed by atoms with van der Waals surface area (Å²) in [5.74, 6) is 0.699. The molecule has 2 aromatic rings. The molecular weight excluding hydrogens is 310 g/mol. The summed E-state index contributed by atoms with van der Waals surface area (Å²) in [7, 11) is 0. The number of hydrogen-bond acceptors (Lipinski definition) is 5. The lowest BCUT2D eigenvalue weighted by Gasteiger charge is -2.11. The molecule has 1 N–H and O–H groups in total. The van der Waals surface area contributed by atoms with E-state index in [2.05, 4.69) is 5.32 Å². The number of ether oxygens (including phenoxy) is 2. The number of amides is 1. The van der Waals surface area contributed by atoms with Gasteiger partial charge in [0.15, 0.2) is 6.61 Å². The Bertz CT molecular complexity index is 748. The lowest BCUT2D eigenvalue weighted by molar-refractivity contribution is -0.119. The maximum Gasteiger partial charge on any atom is 0.342 e. The van der Waals surface area contributed by atoms with Crippen LogP contribution in [0.15, 0.2) is 28.7 Å². The van der Waals surface area contributed by atoms with Gasteiger partial charge in [-0.05, 0) is 39.8 Å². The van der Waals surface area contributed by atoms with E-state index < -0.39 is 11.9 Å². The molecule has 1 amide bonds. The van der Waals surface area contributed by atoms with E-state index in [1.807, 2.05) is 13.0 Å². The summed E-state index contributed by atoms with van der Waals surface area (Å²) in [4.78, 5) is 24.2. The lowest BCUT2D eigenvalue weighted by atomic mass is 10.1. The number of carbonyl (C=O) groups excluding carboxylic acids is 2. The topological polar surface area (TPSA) is 77.8 Å². The molecule has 1 heterocycles. The second kappa shape index (κ2) is 7.68. The van der Waals surface area contributed by atoms with Gasteiger partial charge in [0.25, 0.3) is 5.91 Å². The second-order valence-corrected chi connectivity index (χ2v) is 5.27. The van der Waals surface area contributed by atoms with Crippen molar-refractivity contribution in [2.24, 2.45) is 0 Å². The Morgan fingerprint density at radius 1 is 1.12 bits per heavy atom. The third-order valence-corrected chi connectivity index (χ3v) is 3.56. The summed E-state index contributed by atoms with van der Waals surface area (Å²) in [5.41, 5.74) is 1.63. The predicted octanol–water partition coefficient (Wildman–Crippen LogP) is 3.40. The third kappa shape index (κ3) is 3.95. The molecule has 128 valence electrons. The summed E-state index contributed by atoms with van der Waals surface area (Å²) in [5, 5.41) is 2.67. The third-order valence-electron chi connectivity index (χ3n) is 3.56. The minimum absolute atomic E-state index is 0.370. The van der Waals surface area contributed by atoms with Crippen LogP contribution in [0.3, 0.4) is 0 Å². The van der Waals surface area contributed by atoms with Crippen LogP contribution in [0, 0.1) is 20.8 Å². The molecule has 0 saturated carbocycles. The van der Waals surface area contributed by atoms with Crippen molar-refractivity contribution in [3.8, 4) is 5.75 Å². The molecule has 0 spiro atoms. The van der Waals surface area contributed by atoms with Crippen LogP contribution >= 0.6 is 0 Å². The van der Waals surface area contributed by atoms with Crippen LogP contribution in [0.4, 0.5) is 5.69 Å². The van der Waals surface area contributed by atoms with E-state index in [1.54, 1.807) is 39.0 Å². The van der Waals surface area contributed by atoms with Crippen molar-refractivity contribution in [3.63, 3.8) is 0 Å². The van der Waals surface area contributed by atoms with Crippen LogP contribution in [0.2, 0.25) is 0 Å². The molecule has 0 atom stereocenters. The van der Waals surface area contributed by atoms with Crippen molar-refractivity contribution in [2.45, 2.75) is 27.7 Å². The van der Waals surface area contributed by atoms with Gasteiger partial charge < -0.3 is 19.2 Å². The number of aryl methyl sites for hydroxylation is 2. The molecule has 1 aromatic carbocycles. The molecule has 0 bridgehead atoms. The Balaban J connectivity index is 1.97. The van der Waals surface area contributed by atoms with Crippen LogP contribution < -0.4 is 10.1 Å². The number of furan rings is 1. The zero-order valence-corrected chi connectivity index (χ0v) is 14.3. The highest BCUT2D eigenvalue weighted by Gasteiger charge is 2.21. The first-order valence-electron chi connectivity index (χ1n) is 7.69. The van der Waals surface area contributed by atoms with Crippen LogP contribution in [-0.2, 0) is 9.53 Å². The van der Waals surface area contributed by atoms with E-state index in [1.165, 1.54) is 0 Å². The molecule has 2 rings (SSSR count). The number of hydrogen-bond donors (Lipinski definition) is 1. The molecule has 0 unspecified atom stereocenters. The van der Waals surface area contributed by atoms with Crippen molar-refractivity contribution < 1.29 is 23.5 Å². The molecule has 1 aromatic heterocycles. The number of esters is 1. The van der Waals surface area contributed by atoms with E-state index in [9.17, 15) is 9.59 Å². The highest BCUT2D eigenvalue weighted by atomic mass is 16.5. The first-order chi connectivity index (χ1) is 11.4. The van der Waals surface area contributed by atoms with Crippen LogP contribution in [0.25, 0.3) is 0 Å². The van der Waals surface area contributed by atoms with Gasteiger partial charge in [0, 0.05) is 5.56 Å². The first-order valence-corrected chi connectivity index (χ1v) is 7.69. The number of nitrogens with one attached hydrogen (secondary N) is 1. The zero-order chi connectivity index (χ0) is 17.7. The SMILES string of the molecule is CCOc1ccccc1NC(=O)COC(=O)c1c(C)oc(C)c1C. The Labute approximate surface area is 140 Å². The van der Waals surface area contributed by atoms with Crippen molar-refractivity contribution in [1.29, 1.82) is 0 Å². The minimum atomic E-state index is -0.574. The van der Waals surface area contributed by atoms with Crippen LogP contribution in [0.5, 0.6) is 5.75 Å². The first kappa shape index (κ1) is 17.6. The Morgan fingerprint density at radius 2 is 1.83 bits per heavy atom. The van der Waals surface area contributed by atoms with Gasteiger partial charge in [-0.2, -0.15) is 0 Å². The highest BCUT2D eigenvalue weighted by Crippen LogP contribution is 2.24. The summed E-state index contributed by atoms with van der Waals surface area (Å²) in [6, 6.07) is 7.07. The highest BCUT2D eigenvalue weighted by molar-refractivity contribution is 5.97. The monoisotopic (exact) mass is 331 g/mol. The van der Waals surface area contributed by atoms with Gasteiger partial charge in [0.1, 0.15) is 22.8 Å². The quantitative estimate of drug-likeness (QED) is 0.821. The van der Waals surface area contributed by atoms with Gasteiger partial charge >= 0.3 is 5.97 Å². The molecule has 6 heteroatoms. The molecule has 0 fully saturated rings. The predicted molar refractivity (Wildman–Crippen MR) is 89.4 cm³/mol. The minimum Gasteiger partial charge on any atom is -0.492 e. The average molecular weight is 331 g/mol. The van der Waals surface area contributed by atoms with Crippen LogP contribution in [-0.4, -0.2) is 25.1 Å². The molecule has 0 aliphatic rings. The molecule has 0 saturated heterocycles. The van der Waals surface area contributed by atoms with E-state index >= 15 is 0 Å². The molecule has 0 radical (unpaired) electrons. The summed E-state index contributed by atoms with van der Waals surface area (Å²) < 4.78 is 15.9. The summed E-state index contributed by atoms with van der Waals surface area (Å²) >= 11 is 0. The maximum atomic E-state index is 12.1. The van der Waals surface area contributed by atoms with Crippen molar-refractivity contribution in [2.75, 3.05) is 18.5 Å². The van der Waals surface area contributed by atoms with Gasteiger partial charge in [-0.25, -0.2) is 4.79 Å². The molecule has 6 nitrogen and oxygen atoms in total. The van der Waals surface area contributed by atoms with Gasteiger partial charge in [0.05, 0.1) is 12.3 Å². The van der Waals surface area contributed by atoms with E-state index in [-0.39, 0.29) is 6.61 Å². The van der Waals surface area contributed by atoms with Crippen molar-refractivity contribution in [1.82, 2.24) is 0 Å². The smallest absolute Gasteiger partial charge is 0.342 e. The Morgan fingerprint density at radius 3 is 2.46 bits per heavy atom. The van der Waals surface area contributed by atoms with E-state index in [0.29, 0.717) is 35.1 Å². The van der Waals surface area contributed by atoms with Gasteiger partial charge in [0.2, 0.25) is 0 Å². The Kier molecular flexibility index (Phi) is 5.63. The normalized spacial score (nSPS) is 10.3. The van der Waals surface area contributed by atoms with Crippen molar-refractivity contribution in [3.05, 3.63) is 46.9 Å². The number of rotatable bonds is 6. The molecule has 24 heavy (non-hydrogen) atoms. The molecule has 0 aliphatic carbocycles. The number of benzene rings is 1. The van der Waals surface area contributed by atoms with Crippen molar-refractivity contribution >= 4 is 17.6 Å². The van der Waals surface area contributed by atoms with Gasteiger partial charge in [-0.1, -0.05) is 12.1 Å². The fourth-order valence-corrected chi connectivity index (χ4v) is 2.33. The maximum absolute atomic E-state index is 12.1.